The average Bonchev–Trinajstić information content (AvgIpc) is 2.51. The smallest absolute Gasteiger partial charge is 0.203 e. The van der Waals surface area contributed by atoms with Crippen molar-refractivity contribution in [2.75, 3.05) is 14.1 Å². The van der Waals surface area contributed by atoms with E-state index in [0.29, 0.717) is 5.69 Å². The first-order valence-corrected chi connectivity index (χ1v) is 3.72. The van der Waals surface area contributed by atoms with Crippen LogP contribution in [0.3, 0.4) is 0 Å². The molecule has 0 amide bonds. The number of aromatic amines is 1. The number of carbonyl (C=O) groups is 1. The molecule has 1 N–H and O–H groups in total. The number of carbonyl (C=O) groups excluding carboxylic acids is 1. The van der Waals surface area contributed by atoms with E-state index in [9.17, 15) is 4.79 Å². The van der Waals surface area contributed by atoms with Gasteiger partial charge in [-0.3, -0.25) is 4.79 Å². The van der Waals surface area contributed by atoms with Crippen molar-refractivity contribution in [2.24, 2.45) is 0 Å². The highest BCUT2D eigenvalue weighted by Gasteiger charge is 1.99. The summed E-state index contributed by atoms with van der Waals surface area (Å²) in [7, 11) is 3.75. The first-order valence-electron chi connectivity index (χ1n) is 3.72. The van der Waals surface area contributed by atoms with Crippen molar-refractivity contribution in [2.45, 2.75) is 0 Å². The van der Waals surface area contributed by atoms with E-state index in [2.05, 4.69) is 4.98 Å². The summed E-state index contributed by atoms with van der Waals surface area (Å²) in [4.78, 5) is 15.9. The molecule has 12 heavy (non-hydrogen) atoms. The molecule has 0 spiro atoms. The average molecular weight is 164 g/mol. The molecule has 0 saturated heterocycles. The third-order valence-corrected chi connectivity index (χ3v) is 1.39. The molecule has 3 nitrogen and oxygen atoms in total. The molecule has 1 heterocycles. The van der Waals surface area contributed by atoms with E-state index in [1.165, 1.54) is 6.08 Å². The zero-order valence-electron chi connectivity index (χ0n) is 7.24. The highest BCUT2D eigenvalue weighted by molar-refractivity contribution is 6.02. The third kappa shape index (κ3) is 2.27. The maximum absolute atomic E-state index is 11.3. The van der Waals surface area contributed by atoms with Gasteiger partial charge in [0.2, 0.25) is 5.78 Å². The molecule has 0 aromatic carbocycles. The van der Waals surface area contributed by atoms with Gasteiger partial charge in [-0.2, -0.15) is 0 Å². The Morgan fingerprint density at radius 2 is 2.33 bits per heavy atom. The van der Waals surface area contributed by atoms with Gasteiger partial charge in [-0.1, -0.05) is 0 Å². The summed E-state index contributed by atoms with van der Waals surface area (Å²) >= 11 is 0. The van der Waals surface area contributed by atoms with Crippen LogP contribution < -0.4 is 0 Å². The van der Waals surface area contributed by atoms with Crippen LogP contribution in [0.4, 0.5) is 0 Å². The van der Waals surface area contributed by atoms with Crippen LogP contribution in [0.1, 0.15) is 10.5 Å². The topological polar surface area (TPSA) is 36.1 Å². The Labute approximate surface area is 71.7 Å². The van der Waals surface area contributed by atoms with Crippen molar-refractivity contribution in [3.8, 4) is 0 Å². The minimum atomic E-state index is -0.00583. The molecule has 1 aromatic rings. The monoisotopic (exact) mass is 164 g/mol. The Morgan fingerprint density at radius 1 is 1.58 bits per heavy atom. The molecule has 64 valence electrons. The Balaban J connectivity index is 2.62. The Kier molecular flexibility index (Phi) is 2.69. The zero-order chi connectivity index (χ0) is 8.97. The predicted octanol–water partition coefficient (Wildman–Crippen LogP) is 1.27. The summed E-state index contributed by atoms with van der Waals surface area (Å²) in [5.74, 6) is -0.00583. The van der Waals surface area contributed by atoms with E-state index in [4.69, 9.17) is 0 Å². The zero-order valence-corrected chi connectivity index (χ0v) is 7.24. The van der Waals surface area contributed by atoms with Gasteiger partial charge in [-0.15, -0.1) is 0 Å². The highest BCUT2D eigenvalue weighted by atomic mass is 16.1. The Bertz CT molecular complexity index is 273. The van der Waals surface area contributed by atoms with Gasteiger partial charge < -0.3 is 9.88 Å². The van der Waals surface area contributed by atoms with Crippen molar-refractivity contribution in [1.29, 1.82) is 0 Å². The summed E-state index contributed by atoms with van der Waals surface area (Å²) in [6.07, 6.45) is 4.99. The van der Waals surface area contributed by atoms with Crippen LogP contribution in [0.25, 0.3) is 0 Å². The number of hydrogen-bond acceptors (Lipinski definition) is 2. The van der Waals surface area contributed by atoms with Crippen LogP contribution in [0.15, 0.2) is 30.6 Å². The molecule has 0 saturated carbocycles. The number of allylic oxidation sites excluding steroid dienone is 1. The first-order chi connectivity index (χ1) is 5.70. The van der Waals surface area contributed by atoms with E-state index in [1.807, 2.05) is 19.0 Å². The van der Waals surface area contributed by atoms with Gasteiger partial charge in [0, 0.05) is 32.6 Å². The lowest BCUT2D eigenvalue weighted by Gasteiger charge is -2.01. The fourth-order valence-corrected chi connectivity index (χ4v) is 0.790. The van der Waals surface area contributed by atoms with E-state index >= 15 is 0 Å². The van der Waals surface area contributed by atoms with Crippen molar-refractivity contribution >= 4 is 5.78 Å². The van der Waals surface area contributed by atoms with Gasteiger partial charge in [-0.05, 0) is 12.1 Å². The first kappa shape index (κ1) is 8.59. The van der Waals surface area contributed by atoms with E-state index in [0.717, 1.165) is 0 Å². The number of nitrogens with zero attached hydrogens (tertiary/aromatic N) is 1. The number of rotatable bonds is 3. The van der Waals surface area contributed by atoms with E-state index in [-0.39, 0.29) is 5.78 Å². The number of aromatic nitrogens is 1. The van der Waals surface area contributed by atoms with E-state index in [1.54, 1.807) is 24.5 Å². The van der Waals surface area contributed by atoms with Crippen LogP contribution in [-0.2, 0) is 0 Å². The predicted molar refractivity (Wildman–Crippen MR) is 48.0 cm³/mol. The quantitative estimate of drug-likeness (QED) is 0.539. The molecule has 3 heteroatoms. The van der Waals surface area contributed by atoms with Crippen molar-refractivity contribution in [3.63, 3.8) is 0 Å². The molecule has 0 aliphatic rings. The minimum Gasteiger partial charge on any atom is -0.383 e. The summed E-state index contributed by atoms with van der Waals surface area (Å²) in [5.41, 5.74) is 0.619. The molecule has 0 fully saturated rings. The van der Waals surface area contributed by atoms with Gasteiger partial charge in [-0.25, -0.2) is 0 Å². The van der Waals surface area contributed by atoms with Crippen LogP contribution in [0.2, 0.25) is 0 Å². The Hall–Kier alpha value is -1.51. The summed E-state index contributed by atoms with van der Waals surface area (Å²) in [5, 5.41) is 0. The SMILES string of the molecule is CN(C)C=CC(=O)c1ccc[nH]1. The van der Waals surface area contributed by atoms with Gasteiger partial charge in [0.05, 0.1) is 5.69 Å². The second-order valence-corrected chi connectivity index (χ2v) is 2.73. The van der Waals surface area contributed by atoms with Crippen LogP contribution in [0.5, 0.6) is 0 Å². The van der Waals surface area contributed by atoms with E-state index < -0.39 is 0 Å². The molecule has 0 unspecified atom stereocenters. The molecule has 0 aliphatic heterocycles. The third-order valence-electron chi connectivity index (χ3n) is 1.39. The number of ketones is 1. The maximum Gasteiger partial charge on any atom is 0.203 e. The van der Waals surface area contributed by atoms with Crippen LogP contribution >= 0.6 is 0 Å². The standard InChI is InChI=1S/C9H12N2O/c1-11(2)7-5-9(12)8-4-3-6-10-8/h3-7,10H,1-2H3. The number of hydrogen-bond donors (Lipinski definition) is 1. The second kappa shape index (κ2) is 3.76. The van der Waals surface area contributed by atoms with Crippen LogP contribution in [-0.4, -0.2) is 29.8 Å². The molecule has 1 aromatic heterocycles. The summed E-state index contributed by atoms with van der Waals surface area (Å²) in [6, 6.07) is 3.55. The molecular formula is C9H12N2O. The summed E-state index contributed by atoms with van der Waals surface area (Å²) < 4.78 is 0. The van der Waals surface area contributed by atoms with Crippen molar-refractivity contribution in [1.82, 2.24) is 9.88 Å². The normalized spacial score (nSPS) is 10.5. The molecule has 0 aliphatic carbocycles. The fourth-order valence-electron chi connectivity index (χ4n) is 0.790. The molecule has 0 radical (unpaired) electrons. The lowest BCUT2D eigenvalue weighted by molar-refractivity contribution is 0.104. The Morgan fingerprint density at radius 3 is 2.83 bits per heavy atom. The van der Waals surface area contributed by atoms with Gasteiger partial charge >= 0.3 is 0 Å². The maximum atomic E-state index is 11.3. The van der Waals surface area contributed by atoms with Crippen molar-refractivity contribution < 1.29 is 4.79 Å². The number of nitrogens with one attached hydrogen (secondary N) is 1. The van der Waals surface area contributed by atoms with Gasteiger partial charge in [0.15, 0.2) is 0 Å². The summed E-state index contributed by atoms with van der Waals surface area (Å²) in [6.45, 7) is 0. The largest absolute Gasteiger partial charge is 0.383 e. The highest BCUT2D eigenvalue weighted by Crippen LogP contribution is 1.97. The van der Waals surface area contributed by atoms with Crippen LogP contribution in [0, 0.1) is 0 Å². The second-order valence-electron chi connectivity index (χ2n) is 2.73. The lowest BCUT2D eigenvalue weighted by Crippen LogP contribution is -2.03. The molecule has 1 rings (SSSR count). The number of H-pyrrole nitrogens is 1. The minimum absolute atomic E-state index is 0.00583. The van der Waals surface area contributed by atoms with Gasteiger partial charge in [0.1, 0.15) is 0 Å². The fraction of sp³-hybridized carbons (Fsp3) is 0.222. The molecular weight excluding hydrogens is 152 g/mol. The molecule has 0 bridgehead atoms. The van der Waals surface area contributed by atoms with Gasteiger partial charge in [0.25, 0.3) is 0 Å². The van der Waals surface area contributed by atoms with Crippen molar-refractivity contribution in [3.05, 3.63) is 36.3 Å². The lowest BCUT2D eigenvalue weighted by atomic mass is 10.3. The molecule has 0 atom stereocenters.